The van der Waals surface area contributed by atoms with Crippen LogP contribution in [0.5, 0.6) is 0 Å². The van der Waals surface area contributed by atoms with Gasteiger partial charge in [0.1, 0.15) is 18.3 Å². The maximum absolute atomic E-state index is 9.70. The first-order valence-corrected chi connectivity index (χ1v) is 4.51. The third-order valence-corrected chi connectivity index (χ3v) is 3.19. The minimum atomic E-state index is -0.735. The van der Waals surface area contributed by atoms with Gasteiger partial charge in [0.05, 0.1) is 12.2 Å². The van der Waals surface area contributed by atoms with Crippen LogP contribution in [-0.2, 0) is 14.2 Å². The summed E-state index contributed by atoms with van der Waals surface area (Å²) in [4.78, 5) is 0. The quantitative estimate of drug-likeness (QED) is 0.501. The van der Waals surface area contributed by atoms with Gasteiger partial charge in [-0.05, 0) is 0 Å². The SMILES string of the molecule is CC1C2OC3OC(C2O)C(O)[C@H]1O3. The van der Waals surface area contributed by atoms with Gasteiger partial charge >= 0.3 is 0 Å². The molecule has 0 aromatic heterocycles. The third kappa shape index (κ3) is 0.884. The van der Waals surface area contributed by atoms with E-state index in [1.165, 1.54) is 0 Å². The topological polar surface area (TPSA) is 68.2 Å². The minimum Gasteiger partial charge on any atom is -0.388 e. The van der Waals surface area contributed by atoms with Crippen LogP contribution in [0, 0.1) is 5.92 Å². The standard InChI is InChI=1S/C8H12O5/c1-2-5-3(9)7-4(10)6(2)12-8(11-5)13-7/h2-10H,1H3/t2?,3?,4?,5-,6?,7?,8?/m0/s1. The first kappa shape index (κ1) is 8.14. The van der Waals surface area contributed by atoms with Crippen molar-refractivity contribution in [3.63, 3.8) is 0 Å². The van der Waals surface area contributed by atoms with Gasteiger partial charge in [0.2, 0.25) is 0 Å². The average Bonchev–Trinajstić information content (AvgIpc) is 2.12. The average molecular weight is 188 g/mol. The van der Waals surface area contributed by atoms with Crippen LogP contribution in [0.2, 0.25) is 0 Å². The number of ether oxygens (including phenoxy) is 3. The lowest BCUT2D eigenvalue weighted by atomic mass is 9.78. The summed E-state index contributed by atoms with van der Waals surface area (Å²) in [5.41, 5.74) is 0. The predicted octanol–water partition coefficient (Wildman–Crippen LogP) is -1.18. The van der Waals surface area contributed by atoms with Gasteiger partial charge in [-0.15, -0.1) is 0 Å². The van der Waals surface area contributed by atoms with E-state index in [1.807, 2.05) is 6.92 Å². The highest BCUT2D eigenvalue weighted by molar-refractivity contribution is 5.03. The molecule has 0 radical (unpaired) electrons. The summed E-state index contributed by atoms with van der Waals surface area (Å²) in [6.07, 6.45) is -2.53. The molecule has 13 heavy (non-hydrogen) atoms. The molecule has 4 bridgehead atoms. The summed E-state index contributed by atoms with van der Waals surface area (Å²) >= 11 is 0. The normalized spacial score (nSPS) is 64.4. The number of aliphatic hydroxyl groups excluding tert-OH is 2. The van der Waals surface area contributed by atoms with Gasteiger partial charge in [0.25, 0.3) is 6.48 Å². The Labute approximate surface area is 75.2 Å². The van der Waals surface area contributed by atoms with Crippen molar-refractivity contribution in [2.45, 2.75) is 43.9 Å². The van der Waals surface area contributed by atoms with Crippen molar-refractivity contribution in [3.8, 4) is 0 Å². The van der Waals surface area contributed by atoms with E-state index < -0.39 is 24.8 Å². The fourth-order valence-electron chi connectivity index (χ4n) is 2.44. The van der Waals surface area contributed by atoms with Gasteiger partial charge in [-0.2, -0.15) is 0 Å². The van der Waals surface area contributed by atoms with Gasteiger partial charge in [0.15, 0.2) is 0 Å². The van der Waals surface area contributed by atoms with Crippen LogP contribution < -0.4 is 0 Å². The predicted molar refractivity (Wildman–Crippen MR) is 39.6 cm³/mol. The molecule has 4 rings (SSSR count). The largest absolute Gasteiger partial charge is 0.388 e. The molecule has 6 unspecified atom stereocenters. The molecule has 4 aliphatic rings. The lowest BCUT2D eigenvalue weighted by Gasteiger charge is -2.56. The van der Waals surface area contributed by atoms with Crippen LogP contribution in [0.25, 0.3) is 0 Å². The van der Waals surface area contributed by atoms with Crippen molar-refractivity contribution >= 4 is 0 Å². The number of hydrogen-bond acceptors (Lipinski definition) is 5. The molecule has 2 N–H and O–H groups in total. The smallest absolute Gasteiger partial charge is 0.272 e. The maximum atomic E-state index is 9.70. The Balaban J connectivity index is 1.97. The molecule has 0 aromatic rings. The van der Waals surface area contributed by atoms with Crippen LogP contribution in [0.1, 0.15) is 6.92 Å². The highest BCUT2D eigenvalue weighted by Crippen LogP contribution is 2.42. The summed E-state index contributed by atoms with van der Waals surface area (Å²) in [5.74, 6) is 0.0152. The molecule has 3 saturated heterocycles. The van der Waals surface area contributed by atoms with E-state index in [9.17, 15) is 10.2 Å². The Bertz CT molecular complexity index is 183. The van der Waals surface area contributed by atoms with E-state index >= 15 is 0 Å². The summed E-state index contributed by atoms with van der Waals surface area (Å²) < 4.78 is 15.7. The summed E-state index contributed by atoms with van der Waals surface area (Å²) in [7, 11) is 0. The van der Waals surface area contributed by atoms with Crippen molar-refractivity contribution in [2.75, 3.05) is 0 Å². The third-order valence-electron chi connectivity index (χ3n) is 3.19. The second-order valence-electron chi connectivity index (χ2n) is 3.93. The molecule has 3 aliphatic heterocycles. The number of aliphatic hydroxyl groups is 2. The van der Waals surface area contributed by atoms with Gasteiger partial charge in [-0.1, -0.05) is 6.92 Å². The van der Waals surface area contributed by atoms with Crippen LogP contribution in [-0.4, -0.2) is 47.2 Å². The molecule has 1 aliphatic carbocycles. The van der Waals surface area contributed by atoms with Crippen LogP contribution in [0.15, 0.2) is 0 Å². The van der Waals surface area contributed by atoms with E-state index in [2.05, 4.69) is 0 Å². The molecule has 5 heteroatoms. The highest BCUT2D eigenvalue weighted by Gasteiger charge is 2.59. The van der Waals surface area contributed by atoms with Crippen LogP contribution >= 0.6 is 0 Å². The molecular formula is C8H12O5. The molecule has 0 spiro atoms. The summed E-state index contributed by atoms with van der Waals surface area (Å²) in [6.45, 7) is 1.21. The van der Waals surface area contributed by atoms with Crippen molar-refractivity contribution in [2.24, 2.45) is 5.92 Å². The van der Waals surface area contributed by atoms with Crippen molar-refractivity contribution in [1.29, 1.82) is 0 Å². The number of rotatable bonds is 0. The second-order valence-corrected chi connectivity index (χ2v) is 3.93. The zero-order valence-electron chi connectivity index (χ0n) is 7.16. The molecule has 0 amide bonds. The minimum absolute atomic E-state index is 0.0152. The van der Waals surface area contributed by atoms with Crippen molar-refractivity contribution in [1.82, 2.24) is 0 Å². The van der Waals surface area contributed by atoms with Gasteiger partial charge in [-0.25, -0.2) is 0 Å². The Kier molecular flexibility index (Phi) is 1.52. The Hall–Kier alpha value is -0.200. The van der Waals surface area contributed by atoms with Crippen molar-refractivity contribution in [3.05, 3.63) is 0 Å². The molecule has 0 aromatic carbocycles. The zero-order valence-corrected chi connectivity index (χ0v) is 7.16. The summed E-state index contributed by atoms with van der Waals surface area (Å²) in [5, 5.41) is 19.4. The Morgan fingerprint density at radius 1 is 0.846 bits per heavy atom. The first-order valence-electron chi connectivity index (χ1n) is 4.51. The fraction of sp³-hybridized carbons (Fsp3) is 1.00. The molecule has 1 saturated carbocycles. The van der Waals surface area contributed by atoms with Gasteiger partial charge < -0.3 is 24.4 Å². The molecular weight excluding hydrogens is 176 g/mol. The molecule has 3 heterocycles. The maximum Gasteiger partial charge on any atom is 0.272 e. The van der Waals surface area contributed by atoms with Gasteiger partial charge in [-0.3, -0.25) is 0 Å². The van der Waals surface area contributed by atoms with Gasteiger partial charge in [0, 0.05) is 5.92 Å². The monoisotopic (exact) mass is 188 g/mol. The lowest BCUT2D eigenvalue weighted by Crippen LogP contribution is -2.72. The van der Waals surface area contributed by atoms with E-state index in [0.717, 1.165) is 0 Å². The van der Waals surface area contributed by atoms with E-state index in [-0.39, 0.29) is 18.1 Å². The Morgan fingerprint density at radius 2 is 1.31 bits per heavy atom. The zero-order chi connectivity index (χ0) is 9.16. The summed E-state index contributed by atoms with van der Waals surface area (Å²) in [6, 6.07) is 0. The second kappa shape index (κ2) is 2.43. The van der Waals surface area contributed by atoms with E-state index in [4.69, 9.17) is 14.2 Å². The fourth-order valence-corrected chi connectivity index (χ4v) is 2.44. The Morgan fingerprint density at radius 3 is 1.85 bits per heavy atom. The lowest BCUT2D eigenvalue weighted by molar-refractivity contribution is -0.475. The van der Waals surface area contributed by atoms with E-state index in [0.29, 0.717) is 0 Å². The number of hydrogen-bond donors (Lipinski definition) is 2. The van der Waals surface area contributed by atoms with Crippen LogP contribution in [0.4, 0.5) is 0 Å². The first-order chi connectivity index (χ1) is 6.18. The van der Waals surface area contributed by atoms with Crippen molar-refractivity contribution < 1.29 is 24.4 Å². The van der Waals surface area contributed by atoms with E-state index in [1.54, 1.807) is 0 Å². The van der Waals surface area contributed by atoms with Crippen LogP contribution in [0.3, 0.4) is 0 Å². The highest BCUT2D eigenvalue weighted by atomic mass is 16.9. The molecule has 5 nitrogen and oxygen atoms in total. The molecule has 74 valence electrons. The molecule has 4 fully saturated rings. The molecule has 7 atom stereocenters.